The molecule has 1 fully saturated rings. The molecule has 0 amide bonds. The van der Waals surface area contributed by atoms with Gasteiger partial charge in [-0.3, -0.25) is 0 Å². The van der Waals surface area contributed by atoms with Crippen LogP contribution in [0, 0.1) is 0 Å². The lowest BCUT2D eigenvalue weighted by Gasteiger charge is -2.34. The van der Waals surface area contributed by atoms with Crippen molar-refractivity contribution in [2.75, 3.05) is 5.75 Å². The second-order valence-electron chi connectivity index (χ2n) is 5.84. The van der Waals surface area contributed by atoms with Crippen molar-refractivity contribution in [1.82, 2.24) is 5.32 Å². The maximum Gasteiger partial charge on any atom is 0.173 e. The molecule has 20 heavy (non-hydrogen) atoms. The summed E-state index contributed by atoms with van der Waals surface area (Å²) in [5.41, 5.74) is 1.37. The highest BCUT2D eigenvalue weighted by molar-refractivity contribution is 7.94. The highest BCUT2D eigenvalue weighted by Gasteiger charge is 2.30. The molecule has 1 N–H and O–H groups in total. The highest BCUT2D eigenvalue weighted by atomic mass is 32.2. The molecule has 0 spiro atoms. The number of hydrogen-bond acceptors (Lipinski definition) is 3. The molecule has 1 aliphatic heterocycles. The maximum atomic E-state index is 11.5. The average molecular weight is 291 g/mol. The van der Waals surface area contributed by atoms with E-state index in [9.17, 15) is 8.42 Å². The summed E-state index contributed by atoms with van der Waals surface area (Å²) in [5, 5.41) is 4.91. The number of sulfone groups is 1. The van der Waals surface area contributed by atoms with Crippen molar-refractivity contribution in [3.63, 3.8) is 0 Å². The van der Waals surface area contributed by atoms with Crippen LogP contribution in [0.3, 0.4) is 0 Å². The smallest absolute Gasteiger partial charge is 0.173 e. The van der Waals surface area contributed by atoms with Crippen molar-refractivity contribution in [3.05, 3.63) is 47.4 Å². The van der Waals surface area contributed by atoms with E-state index in [1.807, 2.05) is 6.07 Å². The molecule has 1 aromatic carbocycles. The summed E-state index contributed by atoms with van der Waals surface area (Å²) in [7, 11) is -2.97. The second-order valence-corrected chi connectivity index (χ2v) is 7.77. The topological polar surface area (TPSA) is 46.2 Å². The Hall–Kier alpha value is -1.13. The van der Waals surface area contributed by atoms with Gasteiger partial charge in [-0.1, -0.05) is 49.2 Å². The summed E-state index contributed by atoms with van der Waals surface area (Å²) in [5.74, 6) is 0.715. The third-order valence-electron chi connectivity index (χ3n) is 4.35. The average Bonchev–Trinajstić information content (AvgIpc) is 2.79. The molecule has 1 aliphatic carbocycles. The SMILES string of the molecule is O=S1(=O)C=CC(NC2CCCCC2c2ccccc2)C1. The third kappa shape index (κ3) is 3.13. The van der Waals surface area contributed by atoms with Crippen molar-refractivity contribution < 1.29 is 8.42 Å². The molecular weight excluding hydrogens is 270 g/mol. The lowest BCUT2D eigenvalue weighted by Crippen LogP contribution is -2.43. The number of benzene rings is 1. The van der Waals surface area contributed by atoms with Gasteiger partial charge in [0.25, 0.3) is 0 Å². The fraction of sp³-hybridized carbons (Fsp3) is 0.500. The molecule has 0 saturated heterocycles. The minimum Gasteiger partial charge on any atom is -0.306 e. The molecule has 4 heteroatoms. The van der Waals surface area contributed by atoms with Crippen molar-refractivity contribution in [1.29, 1.82) is 0 Å². The Kier molecular flexibility index (Phi) is 3.94. The molecule has 108 valence electrons. The number of hydrogen-bond donors (Lipinski definition) is 1. The van der Waals surface area contributed by atoms with E-state index in [-0.39, 0.29) is 11.8 Å². The van der Waals surface area contributed by atoms with Gasteiger partial charge in [-0.15, -0.1) is 0 Å². The fourth-order valence-corrected chi connectivity index (χ4v) is 4.63. The third-order valence-corrected chi connectivity index (χ3v) is 5.75. The Balaban J connectivity index is 1.72. The van der Waals surface area contributed by atoms with Gasteiger partial charge in [-0.25, -0.2) is 8.42 Å². The van der Waals surface area contributed by atoms with E-state index < -0.39 is 9.84 Å². The van der Waals surface area contributed by atoms with Crippen molar-refractivity contribution in [2.24, 2.45) is 0 Å². The number of nitrogens with one attached hydrogen (secondary N) is 1. The maximum absolute atomic E-state index is 11.5. The van der Waals surface area contributed by atoms with E-state index >= 15 is 0 Å². The second kappa shape index (κ2) is 5.70. The summed E-state index contributed by atoms with van der Waals surface area (Å²) in [4.78, 5) is 0. The summed E-state index contributed by atoms with van der Waals surface area (Å²) in [6, 6.07) is 10.9. The van der Waals surface area contributed by atoms with Crippen LogP contribution < -0.4 is 5.32 Å². The summed E-state index contributed by atoms with van der Waals surface area (Å²) in [6.07, 6.45) is 6.60. The predicted molar refractivity (Wildman–Crippen MR) is 81.3 cm³/mol. The van der Waals surface area contributed by atoms with Gasteiger partial charge in [0.1, 0.15) is 0 Å². The monoisotopic (exact) mass is 291 g/mol. The lowest BCUT2D eigenvalue weighted by atomic mass is 9.79. The molecular formula is C16H21NO2S. The molecule has 3 rings (SSSR count). The Morgan fingerprint density at radius 3 is 2.50 bits per heavy atom. The van der Waals surface area contributed by atoms with Crippen LogP contribution in [0.1, 0.15) is 37.2 Å². The van der Waals surface area contributed by atoms with Crippen molar-refractivity contribution in [2.45, 2.75) is 43.7 Å². The van der Waals surface area contributed by atoms with Crippen LogP contribution in [0.2, 0.25) is 0 Å². The molecule has 1 aromatic rings. The van der Waals surface area contributed by atoms with Crippen LogP contribution in [0.4, 0.5) is 0 Å². The first-order valence-electron chi connectivity index (χ1n) is 7.36. The predicted octanol–water partition coefficient (Wildman–Crippen LogP) is 2.61. The summed E-state index contributed by atoms with van der Waals surface area (Å²) in [6.45, 7) is 0. The first-order chi connectivity index (χ1) is 9.64. The van der Waals surface area contributed by atoms with E-state index in [0.717, 1.165) is 6.42 Å². The first kappa shape index (κ1) is 13.8. The lowest BCUT2D eigenvalue weighted by molar-refractivity contribution is 0.319. The van der Waals surface area contributed by atoms with Gasteiger partial charge in [-0.05, 0) is 24.3 Å². The van der Waals surface area contributed by atoms with E-state index in [4.69, 9.17) is 0 Å². The summed E-state index contributed by atoms with van der Waals surface area (Å²) < 4.78 is 23.0. The van der Waals surface area contributed by atoms with Gasteiger partial charge in [-0.2, -0.15) is 0 Å². The van der Waals surface area contributed by atoms with Gasteiger partial charge in [0.05, 0.1) is 5.75 Å². The zero-order valence-electron chi connectivity index (χ0n) is 11.5. The molecule has 3 atom stereocenters. The van der Waals surface area contributed by atoms with Gasteiger partial charge >= 0.3 is 0 Å². The van der Waals surface area contributed by atoms with Gasteiger partial charge < -0.3 is 5.32 Å². The normalized spacial score (nSPS) is 32.3. The highest BCUT2D eigenvalue weighted by Crippen LogP contribution is 2.33. The molecule has 0 radical (unpaired) electrons. The van der Waals surface area contributed by atoms with Crippen LogP contribution in [0.5, 0.6) is 0 Å². The largest absolute Gasteiger partial charge is 0.306 e. The molecule has 0 aromatic heterocycles. The Morgan fingerprint density at radius 1 is 1.05 bits per heavy atom. The van der Waals surface area contributed by atoms with Crippen LogP contribution in [-0.4, -0.2) is 26.3 Å². The molecule has 0 bridgehead atoms. The van der Waals surface area contributed by atoms with E-state index in [1.165, 1.54) is 30.2 Å². The number of rotatable bonds is 3. The molecule has 1 saturated carbocycles. The van der Waals surface area contributed by atoms with Gasteiger partial charge in [0.2, 0.25) is 0 Å². The van der Waals surface area contributed by atoms with Crippen LogP contribution >= 0.6 is 0 Å². The first-order valence-corrected chi connectivity index (χ1v) is 9.07. The van der Waals surface area contributed by atoms with E-state index in [2.05, 4.69) is 29.6 Å². The van der Waals surface area contributed by atoms with Crippen LogP contribution in [0.25, 0.3) is 0 Å². The minimum absolute atomic E-state index is 0.0192. The Bertz CT molecular complexity index is 580. The summed E-state index contributed by atoms with van der Waals surface area (Å²) >= 11 is 0. The van der Waals surface area contributed by atoms with Crippen molar-refractivity contribution >= 4 is 9.84 Å². The Morgan fingerprint density at radius 2 is 1.80 bits per heavy atom. The Labute approximate surface area is 121 Å². The van der Waals surface area contributed by atoms with Gasteiger partial charge in [0.15, 0.2) is 9.84 Å². The minimum atomic E-state index is -2.97. The molecule has 2 aliphatic rings. The zero-order valence-corrected chi connectivity index (χ0v) is 12.4. The molecule has 1 heterocycles. The van der Waals surface area contributed by atoms with Crippen molar-refractivity contribution in [3.8, 4) is 0 Å². The zero-order chi connectivity index (χ0) is 14.0. The van der Waals surface area contributed by atoms with Crippen LogP contribution in [0.15, 0.2) is 41.8 Å². The van der Waals surface area contributed by atoms with E-state index in [0.29, 0.717) is 12.0 Å². The fourth-order valence-electron chi connectivity index (χ4n) is 3.38. The van der Waals surface area contributed by atoms with E-state index in [1.54, 1.807) is 6.08 Å². The quantitative estimate of drug-likeness (QED) is 0.931. The molecule has 3 nitrogen and oxygen atoms in total. The van der Waals surface area contributed by atoms with Crippen LogP contribution in [-0.2, 0) is 9.84 Å². The molecule has 3 unspecified atom stereocenters. The van der Waals surface area contributed by atoms with Gasteiger partial charge in [0, 0.05) is 17.5 Å². The standard InChI is InChI=1S/C16H21NO2S/c18-20(19)11-10-14(12-20)17-16-9-5-4-8-15(16)13-6-2-1-3-7-13/h1-3,6-7,10-11,14-17H,4-5,8-9,12H2.